The van der Waals surface area contributed by atoms with E-state index in [2.05, 4.69) is 44.8 Å². The van der Waals surface area contributed by atoms with Crippen molar-refractivity contribution in [3.63, 3.8) is 0 Å². The van der Waals surface area contributed by atoms with Crippen molar-refractivity contribution in [1.82, 2.24) is 10.2 Å². The van der Waals surface area contributed by atoms with Gasteiger partial charge in [0.15, 0.2) is 0 Å². The molecule has 120 valence electrons. The first-order valence-electron chi connectivity index (χ1n) is 8.48. The molecule has 1 fully saturated rings. The van der Waals surface area contributed by atoms with E-state index in [4.69, 9.17) is 0 Å². The molecule has 1 rings (SSSR count). The molecule has 1 aliphatic heterocycles. The van der Waals surface area contributed by atoms with Gasteiger partial charge in [-0.1, -0.05) is 27.2 Å². The summed E-state index contributed by atoms with van der Waals surface area (Å²) in [6, 6.07) is 0.540. The van der Waals surface area contributed by atoms with Crippen LogP contribution in [0.3, 0.4) is 0 Å². The molecule has 0 aromatic heterocycles. The highest BCUT2D eigenvalue weighted by molar-refractivity contribution is 4.90. The lowest BCUT2D eigenvalue weighted by molar-refractivity contribution is 0.0608. The predicted molar refractivity (Wildman–Crippen MR) is 87.1 cm³/mol. The lowest BCUT2D eigenvalue weighted by Gasteiger charge is -2.43. The normalized spacial score (nSPS) is 24.3. The molecular formula is C17H36N2O. The number of nitrogens with zero attached hydrogens (tertiary/aromatic N) is 1. The zero-order chi connectivity index (χ0) is 15.2. The second-order valence-corrected chi connectivity index (χ2v) is 7.40. The summed E-state index contributed by atoms with van der Waals surface area (Å²) in [4.78, 5) is 2.61. The molecule has 0 aromatic carbocycles. The summed E-state index contributed by atoms with van der Waals surface area (Å²) in [5, 5.41) is 13.2. The van der Waals surface area contributed by atoms with Gasteiger partial charge in [-0.2, -0.15) is 0 Å². The van der Waals surface area contributed by atoms with Gasteiger partial charge in [0.2, 0.25) is 0 Å². The lowest BCUT2D eigenvalue weighted by atomic mass is 9.77. The van der Waals surface area contributed by atoms with Gasteiger partial charge in [0, 0.05) is 11.6 Å². The number of nitrogens with one attached hydrogen (secondary N) is 1. The molecule has 20 heavy (non-hydrogen) atoms. The summed E-state index contributed by atoms with van der Waals surface area (Å²) < 4.78 is 0. The quantitative estimate of drug-likeness (QED) is 0.719. The summed E-state index contributed by atoms with van der Waals surface area (Å²) in [6.45, 7) is 15.0. The number of hydrogen-bond donors (Lipinski definition) is 2. The summed E-state index contributed by atoms with van der Waals surface area (Å²) >= 11 is 0. The number of aliphatic hydroxyl groups is 1. The minimum absolute atomic E-state index is 0.138. The van der Waals surface area contributed by atoms with Crippen LogP contribution in [0.4, 0.5) is 0 Å². The van der Waals surface area contributed by atoms with Crippen molar-refractivity contribution in [3.05, 3.63) is 0 Å². The van der Waals surface area contributed by atoms with Gasteiger partial charge in [-0.25, -0.2) is 0 Å². The zero-order valence-corrected chi connectivity index (χ0v) is 14.3. The lowest BCUT2D eigenvalue weighted by Crippen LogP contribution is -2.52. The van der Waals surface area contributed by atoms with Crippen LogP contribution in [0.1, 0.15) is 66.7 Å². The van der Waals surface area contributed by atoms with Crippen molar-refractivity contribution in [1.29, 1.82) is 0 Å². The molecule has 2 unspecified atom stereocenters. The molecule has 0 spiro atoms. The molecule has 0 amide bonds. The zero-order valence-electron chi connectivity index (χ0n) is 14.3. The molecule has 3 heteroatoms. The van der Waals surface area contributed by atoms with Crippen molar-refractivity contribution in [2.45, 2.75) is 78.3 Å². The molecular weight excluding hydrogens is 248 g/mol. The van der Waals surface area contributed by atoms with E-state index in [0.29, 0.717) is 11.5 Å². The second kappa shape index (κ2) is 7.77. The van der Waals surface area contributed by atoms with Crippen LogP contribution in [0.15, 0.2) is 0 Å². The molecule has 2 N–H and O–H groups in total. The van der Waals surface area contributed by atoms with Crippen LogP contribution in [0.2, 0.25) is 0 Å². The largest absolute Gasteiger partial charge is 0.394 e. The van der Waals surface area contributed by atoms with Gasteiger partial charge in [-0.3, -0.25) is 0 Å². The van der Waals surface area contributed by atoms with Crippen LogP contribution >= 0.6 is 0 Å². The van der Waals surface area contributed by atoms with Gasteiger partial charge in [-0.15, -0.1) is 0 Å². The van der Waals surface area contributed by atoms with E-state index < -0.39 is 0 Å². The average Bonchev–Trinajstić information content (AvgIpc) is 2.46. The third-order valence-electron chi connectivity index (χ3n) is 5.38. The molecule has 0 aromatic rings. The Kier molecular flexibility index (Phi) is 6.96. The summed E-state index contributed by atoms with van der Waals surface area (Å²) in [7, 11) is 0. The number of piperidine rings is 1. The minimum Gasteiger partial charge on any atom is -0.394 e. The van der Waals surface area contributed by atoms with Crippen LogP contribution in [0.25, 0.3) is 0 Å². The van der Waals surface area contributed by atoms with Crippen molar-refractivity contribution >= 4 is 0 Å². The van der Waals surface area contributed by atoms with E-state index in [0.717, 1.165) is 19.4 Å². The summed E-state index contributed by atoms with van der Waals surface area (Å²) in [5.74, 6) is 0. The first-order valence-corrected chi connectivity index (χ1v) is 8.48. The fraction of sp³-hybridized carbons (Fsp3) is 1.00. The maximum atomic E-state index is 9.70. The predicted octanol–water partition coefficient (Wildman–Crippen LogP) is 3.03. The molecule has 0 radical (unpaired) electrons. The van der Waals surface area contributed by atoms with E-state index in [1.165, 1.54) is 32.4 Å². The van der Waals surface area contributed by atoms with Crippen molar-refractivity contribution in [2.24, 2.45) is 5.41 Å². The Bertz CT molecular complexity index is 274. The monoisotopic (exact) mass is 284 g/mol. The second-order valence-electron chi connectivity index (χ2n) is 7.40. The first-order chi connectivity index (χ1) is 9.38. The van der Waals surface area contributed by atoms with E-state index >= 15 is 0 Å². The third kappa shape index (κ3) is 5.01. The molecule has 2 atom stereocenters. The van der Waals surface area contributed by atoms with Crippen molar-refractivity contribution in [2.75, 3.05) is 26.2 Å². The molecule has 1 aliphatic rings. The molecule has 1 saturated heterocycles. The smallest absolute Gasteiger partial charge is 0.0611 e. The summed E-state index contributed by atoms with van der Waals surface area (Å²) in [5.41, 5.74) is 0.415. The average molecular weight is 284 g/mol. The topological polar surface area (TPSA) is 35.5 Å². The van der Waals surface area contributed by atoms with Crippen LogP contribution in [0, 0.1) is 5.41 Å². The molecule has 0 bridgehead atoms. The van der Waals surface area contributed by atoms with Gasteiger partial charge >= 0.3 is 0 Å². The Morgan fingerprint density at radius 2 is 1.90 bits per heavy atom. The highest BCUT2D eigenvalue weighted by atomic mass is 16.3. The number of rotatable bonds is 8. The van der Waals surface area contributed by atoms with Crippen LogP contribution in [0.5, 0.6) is 0 Å². The Labute approximate surface area is 126 Å². The van der Waals surface area contributed by atoms with Crippen molar-refractivity contribution in [3.8, 4) is 0 Å². The number of aliphatic hydroxyl groups excluding tert-OH is 1. The first kappa shape index (κ1) is 17.9. The SMILES string of the molecule is CCCNC(C)(CO)CC(C)N1CCC(C)(CC)CC1. The molecule has 3 nitrogen and oxygen atoms in total. The number of likely N-dealkylation sites (tertiary alicyclic amines) is 1. The van der Waals surface area contributed by atoms with Crippen LogP contribution in [-0.4, -0.2) is 47.8 Å². The van der Waals surface area contributed by atoms with Crippen LogP contribution in [-0.2, 0) is 0 Å². The minimum atomic E-state index is -0.138. The van der Waals surface area contributed by atoms with E-state index in [1.54, 1.807) is 0 Å². The van der Waals surface area contributed by atoms with Gasteiger partial charge < -0.3 is 15.3 Å². The highest BCUT2D eigenvalue weighted by Gasteiger charge is 2.33. The van der Waals surface area contributed by atoms with Crippen molar-refractivity contribution < 1.29 is 5.11 Å². The maximum Gasteiger partial charge on any atom is 0.0611 e. The molecule has 0 saturated carbocycles. The maximum absolute atomic E-state index is 9.70. The van der Waals surface area contributed by atoms with Crippen LogP contribution < -0.4 is 5.32 Å². The molecule has 0 aliphatic carbocycles. The molecule has 1 heterocycles. The Hall–Kier alpha value is -0.120. The highest BCUT2D eigenvalue weighted by Crippen LogP contribution is 2.35. The van der Waals surface area contributed by atoms with Gasteiger partial charge in [0.1, 0.15) is 0 Å². The van der Waals surface area contributed by atoms with E-state index in [-0.39, 0.29) is 12.1 Å². The fourth-order valence-electron chi connectivity index (χ4n) is 3.26. The fourth-order valence-corrected chi connectivity index (χ4v) is 3.26. The Balaban J connectivity index is 2.48. The van der Waals surface area contributed by atoms with Gasteiger partial charge in [0.05, 0.1) is 6.61 Å². The van der Waals surface area contributed by atoms with Gasteiger partial charge in [0.25, 0.3) is 0 Å². The summed E-state index contributed by atoms with van der Waals surface area (Å²) in [6.07, 6.45) is 6.05. The van der Waals surface area contributed by atoms with Gasteiger partial charge in [-0.05, 0) is 64.6 Å². The Morgan fingerprint density at radius 1 is 1.30 bits per heavy atom. The van der Waals surface area contributed by atoms with E-state index in [9.17, 15) is 5.11 Å². The number of hydrogen-bond acceptors (Lipinski definition) is 3. The standard InChI is InChI=1S/C17H36N2O/c1-6-10-18-17(5,14-20)13-15(3)19-11-8-16(4,7-2)9-12-19/h15,18,20H,6-14H2,1-5H3. The Morgan fingerprint density at radius 3 is 2.35 bits per heavy atom. The third-order valence-corrected chi connectivity index (χ3v) is 5.38. The van der Waals surface area contributed by atoms with E-state index in [1.807, 2.05) is 0 Å².